The van der Waals surface area contributed by atoms with Gasteiger partial charge in [0, 0.05) is 59.3 Å². The molecule has 0 saturated carbocycles. The van der Waals surface area contributed by atoms with Gasteiger partial charge in [0.2, 0.25) is 0 Å². The Bertz CT molecular complexity index is 476. The van der Waals surface area contributed by atoms with Gasteiger partial charge in [0.05, 0.1) is 24.5 Å². The number of fused-ring (bicyclic) bond motifs is 2. The third kappa shape index (κ3) is 14.2. The van der Waals surface area contributed by atoms with Crippen LogP contribution in [-0.4, -0.2) is 92.7 Å². The average molecular weight is 427 g/mol. The monoisotopic (exact) mass is 427 g/mol. The number of pyridine rings is 1. The van der Waals surface area contributed by atoms with Crippen molar-refractivity contribution in [3.8, 4) is 0 Å². The summed E-state index contributed by atoms with van der Waals surface area (Å²) < 4.78 is 0. The zero-order chi connectivity index (χ0) is 20.2. The van der Waals surface area contributed by atoms with E-state index in [1.807, 2.05) is 0 Å². The Morgan fingerprint density at radius 1 is 0.741 bits per heavy atom. The van der Waals surface area contributed by atoms with Crippen molar-refractivity contribution in [2.24, 2.45) is 9.98 Å². The van der Waals surface area contributed by atoms with Gasteiger partial charge in [0.15, 0.2) is 0 Å². The van der Waals surface area contributed by atoms with Crippen molar-refractivity contribution in [1.29, 1.82) is 0 Å². The van der Waals surface area contributed by atoms with E-state index in [1.165, 1.54) is 0 Å². The Labute approximate surface area is 170 Å². The maximum Gasteiger partial charge on any atom is 3.00 e. The molecule has 0 aliphatic carbocycles. The zero-order valence-electron chi connectivity index (χ0n) is 15.8. The number of nitrogens with one attached hydrogen (secondary N) is 2. The fourth-order valence-electron chi connectivity index (χ4n) is 1.73. The summed E-state index contributed by atoms with van der Waals surface area (Å²) >= 11 is 0. The van der Waals surface area contributed by atoms with Crippen LogP contribution in [0.15, 0.2) is 28.2 Å². The summed E-state index contributed by atoms with van der Waals surface area (Å²) in [4.78, 5) is 11.8. The molecule has 27 heavy (non-hydrogen) atoms. The summed E-state index contributed by atoms with van der Waals surface area (Å²) in [5.41, 5.74) is 0.359. The minimum atomic E-state index is -0.408. The smallest absolute Gasteiger partial charge is 0.857 e. The second kappa shape index (κ2) is 22.5. The molecular formula is C16H29FeN5O5+. The Morgan fingerprint density at radius 2 is 1.11 bits per heavy atom. The molecule has 2 heterocycles. The molecule has 1 radical (unpaired) electrons. The van der Waals surface area contributed by atoms with Gasteiger partial charge in [0.25, 0.3) is 0 Å². The summed E-state index contributed by atoms with van der Waals surface area (Å²) in [6.45, 7) is 3.62. The van der Waals surface area contributed by atoms with Crippen LogP contribution in [0, 0.1) is 0 Å². The van der Waals surface area contributed by atoms with Gasteiger partial charge in [0.1, 0.15) is 0 Å². The predicted octanol–water partition coefficient (Wildman–Crippen LogP) is -3.69. The van der Waals surface area contributed by atoms with Crippen LogP contribution in [0.5, 0.6) is 0 Å². The van der Waals surface area contributed by atoms with E-state index in [0.29, 0.717) is 26.2 Å². The fraction of sp³-hybridized carbons (Fsp3) is 0.562. The maximum atomic E-state index is 11.8. The van der Waals surface area contributed by atoms with E-state index in [-0.39, 0.29) is 28.5 Å². The van der Waals surface area contributed by atoms with Crippen LogP contribution in [-0.2, 0) is 17.1 Å². The molecule has 1 aromatic heterocycles. The topological polar surface area (TPSA) is 168 Å². The van der Waals surface area contributed by atoms with Gasteiger partial charge < -0.3 is 36.2 Å². The van der Waals surface area contributed by atoms with Crippen LogP contribution in [0.4, 0.5) is 0 Å². The van der Waals surface area contributed by atoms with Crippen molar-refractivity contribution in [3.05, 3.63) is 29.6 Å². The van der Waals surface area contributed by atoms with Gasteiger partial charge in [-0.2, -0.15) is 0 Å². The van der Waals surface area contributed by atoms with Gasteiger partial charge in [-0.15, -0.1) is 0 Å². The third-order valence-corrected chi connectivity index (χ3v) is 2.75. The molecule has 1 aliphatic heterocycles. The van der Waals surface area contributed by atoms with Gasteiger partial charge in [-0.25, -0.2) is 4.98 Å². The van der Waals surface area contributed by atoms with Gasteiger partial charge in [-0.1, -0.05) is 6.07 Å². The minimum absolute atomic E-state index is 0. The van der Waals surface area contributed by atoms with Crippen molar-refractivity contribution < 1.29 is 42.6 Å². The van der Waals surface area contributed by atoms with E-state index < -0.39 is 11.8 Å². The van der Waals surface area contributed by atoms with E-state index in [1.54, 1.807) is 18.2 Å². The van der Waals surface area contributed by atoms with Gasteiger partial charge in [-0.05, 0) is 12.1 Å². The first-order valence-electron chi connectivity index (χ1n) is 7.94. The summed E-state index contributed by atoms with van der Waals surface area (Å²) in [5.74, 6) is -0.816. The van der Waals surface area contributed by atoms with Gasteiger partial charge in [-0.3, -0.25) is 9.98 Å². The molecule has 0 saturated heterocycles. The molecule has 5 N–H and O–H groups in total. The molecule has 1 aliphatic rings. The number of rotatable bonds is 0. The molecule has 0 fully saturated rings. The Hall–Kier alpha value is -1.59. The Kier molecular flexibility index (Phi) is 25.1. The fourth-order valence-corrected chi connectivity index (χ4v) is 1.73. The van der Waals surface area contributed by atoms with E-state index in [0.717, 1.165) is 34.4 Å². The van der Waals surface area contributed by atoms with Crippen molar-refractivity contribution in [2.45, 2.75) is 0 Å². The minimum Gasteiger partial charge on any atom is -0.857 e. The molecule has 0 spiro atoms. The molecule has 0 atom stereocenters. The van der Waals surface area contributed by atoms with E-state index in [2.05, 4.69) is 25.6 Å². The average Bonchev–Trinajstić information content (AvgIpc) is 2.73. The molecule has 2 bridgehead atoms. The molecule has 155 valence electrons. The van der Waals surface area contributed by atoms with E-state index in [4.69, 9.17) is 15.3 Å². The van der Waals surface area contributed by atoms with Crippen molar-refractivity contribution in [1.82, 2.24) is 15.6 Å². The zero-order valence-corrected chi connectivity index (χ0v) is 16.9. The van der Waals surface area contributed by atoms with Crippen molar-refractivity contribution >= 4 is 11.8 Å². The first-order valence-corrected chi connectivity index (χ1v) is 7.94. The number of aliphatic hydroxyl groups excluding tert-OH is 3. The van der Waals surface area contributed by atoms with Crippen LogP contribution in [0.25, 0.3) is 0 Å². The van der Waals surface area contributed by atoms with E-state index in [9.17, 15) is 10.2 Å². The third-order valence-electron chi connectivity index (χ3n) is 2.75. The number of hydrogen-bond acceptors (Lipinski definition) is 10. The van der Waals surface area contributed by atoms with Crippen LogP contribution < -0.4 is 20.8 Å². The second-order valence-corrected chi connectivity index (χ2v) is 4.28. The van der Waals surface area contributed by atoms with Crippen LogP contribution >= 0.6 is 0 Å². The standard InChI is InChI=1S/C13H19N5O2.3CH4O.Fe/c19-12-10-2-1-3-11(18-10)13(20)17-9-7-15-5-4-14-6-8-16-12;3*1-2;/h1-3,14-15H,4-9H2,(H,16,19)(H,17,20);3*2H,1H3;/q;;;;+3/p-2. The molecule has 1 aromatic rings. The van der Waals surface area contributed by atoms with Crippen LogP contribution in [0.3, 0.4) is 0 Å². The van der Waals surface area contributed by atoms with Crippen LogP contribution in [0.2, 0.25) is 0 Å². The van der Waals surface area contributed by atoms with Crippen molar-refractivity contribution in [2.75, 3.05) is 60.6 Å². The second-order valence-electron chi connectivity index (χ2n) is 4.28. The summed E-state index contributed by atoms with van der Waals surface area (Å²) in [5, 5.41) is 51.0. The molecular weight excluding hydrogens is 398 g/mol. The number of aliphatic hydroxyl groups is 3. The van der Waals surface area contributed by atoms with Gasteiger partial charge >= 0.3 is 17.1 Å². The molecule has 2 rings (SSSR count). The number of hydrogen-bond donors (Lipinski definition) is 5. The predicted molar refractivity (Wildman–Crippen MR) is 97.2 cm³/mol. The Morgan fingerprint density at radius 3 is 1.48 bits per heavy atom. The number of nitrogens with zero attached hydrogens (tertiary/aromatic N) is 3. The summed E-state index contributed by atoms with van der Waals surface area (Å²) in [6, 6.07) is 4.72. The molecule has 11 heteroatoms. The SMILES string of the molecule is CO.CO.CO.[Fe+3].[O-]C1=NCCNCCNCCN=C([O-])c2cccc1n2. The Balaban J connectivity index is -0.000000749. The normalized spacial score (nSPS) is 14.3. The first kappa shape index (κ1) is 30.1. The van der Waals surface area contributed by atoms with Crippen molar-refractivity contribution in [3.63, 3.8) is 0 Å². The largest absolute Gasteiger partial charge is 3.00 e. The molecule has 10 nitrogen and oxygen atoms in total. The molecule has 0 aromatic carbocycles. The maximum absolute atomic E-state index is 11.8. The number of aromatic nitrogens is 1. The first-order chi connectivity index (χ1) is 12.8. The number of aliphatic imine (C=N–C) groups is 2. The summed E-state index contributed by atoms with van der Waals surface area (Å²) in [6.07, 6.45) is 0. The summed E-state index contributed by atoms with van der Waals surface area (Å²) in [7, 11) is 3.00. The quantitative estimate of drug-likeness (QED) is 0.264. The van der Waals surface area contributed by atoms with Crippen LogP contribution in [0.1, 0.15) is 11.4 Å². The molecule has 0 amide bonds. The van der Waals surface area contributed by atoms with E-state index >= 15 is 0 Å². The molecule has 0 unspecified atom stereocenters.